The van der Waals surface area contributed by atoms with Crippen LogP contribution in [0.15, 0.2) is 12.7 Å². The molecule has 4 heteroatoms. The van der Waals surface area contributed by atoms with Crippen molar-refractivity contribution in [2.45, 2.75) is 51.6 Å². The Morgan fingerprint density at radius 3 is 2.14 bits per heavy atom. The number of hydrogen-bond acceptors (Lipinski definition) is 4. The topological polar surface area (TPSA) is 52.6 Å². The van der Waals surface area contributed by atoms with Gasteiger partial charge in [0.05, 0.1) is 0 Å². The van der Waals surface area contributed by atoms with E-state index in [4.69, 9.17) is 9.47 Å². The Morgan fingerprint density at radius 2 is 1.68 bits per heavy atom. The molecule has 0 heterocycles. The highest BCUT2D eigenvalue weighted by atomic mass is 16.6. The molecule has 122 valence electrons. The lowest BCUT2D eigenvalue weighted by Crippen LogP contribution is -2.62. The average Bonchev–Trinajstić information content (AvgIpc) is 2.47. The van der Waals surface area contributed by atoms with Crippen LogP contribution in [-0.4, -0.2) is 24.1 Å². The van der Waals surface area contributed by atoms with Crippen molar-refractivity contribution in [1.29, 1.82) is 0 Å². The summed E-state index contributed by atoms with van der Waals surface area (Å²) < 4.78 is 10.9. The number of rotatable bonds is 5. The Labute approximate surface area is 132 Å². The van der Waals surface area contributed by atoms with Gasteiger partial charge < -0.3 is 9.47 Å². The molecule has 0 saturated heterocycles. The minimum atomic E-state index is -0.583. The molecule has 22 heavy (non-hydrogen) atoms. The molecule has 4 rings (SSSR count). The Hall–Kier alpha value is -1.32. The number of hydrogen-bond donors (Lipinski definition) is 0. The molecule has 0 unspecified atom stereocenters. The van der Waals surface area contributed by atoms with Crippen LogP contribution >= 0.6 is 0 Å². The summed E-state index contributed by atoms with van der Waals surface area (Å²) in [6, 6.07) is 0. The first kappa shape index (κ1) is 15.6. The van der Waals surface area contributed by atoms with Gasteiger partial charge in [-0.25, -0.2) is 9.59 Å². The fraction of sp³-hybridized carbons (Fsp3) is 0.778. The highest BCUT2D eigenvalue weighted by Gasteiger charge is 2.60. The van der Waals surface area contributed by atoms with Crippen molar-refractivity contribution in [2.75, 3.05) is 6.61 Å². The third-order valence-electron chi connectivity index (χ3n) is 6.11. The van der Waals surface area contributed by atoms with Crippen molar-refractivity contribution < 1.29 is 19.1 Å². The summed E-state index contributed by atoms with van der Waals surface area (Å²) in [5.41, 5.74) is -0.356. The van der Waals surface area contributed by atoms with E-state index in [0.717, 1.165) is 17.9 Å². The van der Waals surface area contributed by atoms with E-state index in [1.54, 1.807) is 0 Å². The van der Waals surface area contributed by atoms with E-state index in [0.29, 0.717) is 17.8 Å². The van der Waals surface area contributed by atoms with Crippen molar-refractivity contribution in [3.05, 3.63) is 12.7 Å². The highest BCUT2D eigenvalue weighted by molar-refractivity contribution is 5.83. The second-order valence-corrected chi connectivity index (χ2v) is 7.60. The van der Waals surface area contributed by atoms with E-state index >= 15 is 0 Å². The molecule has 0 spiro atoms. The lowest BCUT2D eigenvalue weighted by Gasteiger charge is -2.61. The summed E-state index contributed by atoms with van der Waals surface area (Å²) in [5.74, 6) is 1.89. The maximum absolute atomic E-state index is 12.2. The summed E-state index contributed by atoms with van der Waals surface area (Å²) in [4.78, 5) is 23.4. The zero-order valence-corrected chi connectivity index (χ0v) is 13.5. The van der Waals surface area contributed by atoms with Crippen molar-refractivity contribution in [2.24, 2.45) is 29.6 Å². The Bertz CT molecular complexity index is 451. The SMILES string of the molecule is C=CC(=O)OCC(=O)OC1(C(C)C)C2CC3CC(C2)CC1C3. The van der Waals surface area contributed by atoms with Crippen LogP contribution in [-0.2, 0) is 19.1 Å². The maximum Gasteiger partial charge on any atom is 0.344 e. The molecule has 4 nitrogen and oxygen atoms in total. The van der Waals surface area contributed by atoms with Gasteiger partial charge in [-0.3, -0.25) is 0 Å². The zero-order chi connectivity index (χ0) is 15.9. The van der Waals surface area contributed by atoms with Crippen LogP contribution in [0.5, 0.6) is 0 Å². The average molecular weight is 306 g/mol. The van der Waals surface area contributed by atoms with Crippen molar-refractivity contribution in [3.8, 4) is 0 Å². The van der Waals surface area contributed by atoms with E-state index in [1.807, 2.05) is 0 Å². The third kappa shape index (κ3) is 2.46. The zero-order valence-electron chi connectivity index (χ0n) is 13.5. The van der Waals surface area contributed by atoms with Gasteiger partial charge in [-0.05, 0) is 61.7 Å². The number of esters is 2. The van der Waals surface area contributed by atoms with Gasteiger partial charge in [0.1, 0.15) is 5.60 Å². The van der Waals surface area contributed by atoms with E-state index in [-0.39, 0.29) is 12.2 Å². The number of ether oxygens (including phenoxy) is 2. The van der Waals surface area contributed by atoms with Crippen LogP contribution in [0.4, 0.5) is 0 Å². The van der Waals surface area contributed by atoms with Crippen molar-refractivity contribution in [1.82, 2.24) is 0 Å². The Balaban J connectivity index is 1.74. The van der Waals surface area contributed by atoms with Gasteiger partial charge in [0.2, 0.25) is 0 Å². The number of carbonyl (C=O) groups is 2. The summed E-state index contributed by atoms with van der Waals surface area (Å²) in [6.07, 6.45) is 7.17. The molecule has 0 aromatic carbocycles. The lowest BCUT2D eigenvalue weighted by atomic mass is 9.47. The molecule has 4 aliphatic carbocycles. The molecule has 0 aliphatic heterocycles. The maximum atomic E-state index is 12.2. The van der Waals surface area contributed by atoms with Gasteiger partial charge >= 0.3 is 11.9 Å². The molecule has 0 aromatic heterocycles. The van der Waals surface area contributed by atoms with Gasteiger partial charge in [-0.2, -0.15) is 0 Å². The van der Waals surface area contributed by atoms with Gasteiger partial charge in [0, 0.05) is 6.08 Å². The van der Waals surface area contributed by atoms with Gasteiger partial charge in [-0.1, -0.05) is 20.4 Å². The fourth-order valence-corrected chi connectivity index (χ4v) is 5.56. The van der Waals surface area contributed by atoms with Crippen molar-refractivity contribution in [3.63, 3.8) is 0 Å². The summed E-state index contributed by atoms with van der Waals surface area (Å²) in [6.45, 7) is 7.33. The van der Waals surface area contributed by atoms with E-state index in [1.165, 1.54) is 32.1 Å². The molecule has 0 N–H and O–H groups in total. The molecule has 4 fully saturated rings. The third-order valence-corrected chi connectivity index (χ3v) is 6.11. The van der Waals surface area contributed by atoms with Crippen molar-refractivity contribution >= 4 is 11.9 Å². The highest BCUT2D eigenvalue weighted by Crippen LogP contribution is 2.61. The molecular weight excluding hydrogens is 280 g/mol. The normalized spacial score (nSPS) is 38.9. The van der Waals surface area contributed by atoms with Crippen LogP contribution in [0.1, 0.15) is 46.0 Å². The molecule has 0 radical (unpaired) electrons. The molecule has 0 amide bonds. The number of carbonyl (C=O) groups excluding carboxylic acids is 2. The Morgan fingerprint density at radius 1 is 1.14 bits per heavy atom. The molecule has 4 bridgehead atoms. The lowest BCUT2D eigenvalue weighted by molar-refractivity contribution is -0.227. The predicted octanol–water partition coefficient (Wildman–Crippen LogP) is 3.11. The van der Waals surface area contributed by atoms with Gasteiger partial charge in [0.15, 0.2) is 6.61 Å². The largest absolute Gasteiger partial charge is 0.456 e. The molecule has 0 aromatic rings. The first-order valence-electron chi connectivity index (χ1n) is 8.46. The quantitative estimate of drug-likeness (QED) is 0.578. The first-order valence-corrected chi connectivity index (χ1v) is 8.46. The minimum Gasteiger partial charge on any atom is -0.456 e. The van der Waals surface area contributed by atoms with Gasteiger partial charge in [0.25, 0.3) is 0 Å². The van der Waals surface area contributed by atoms with Gasteiger partial charge in [-0.15, -0.1) is 0 Å². The minimum absolute atomic E-state index is 0.293. The summed E-state index contributed by atoms with van der Waals surface area (Å²) >= 11 is 0. The summed E-state index contributed by atoms with van der Waals surface area (Å²) in [7, 11) is 0. The fourth-order valence-electron chi connectivity index (χ4n) is 5.56. The van der Waals surface area contributed by atoms with Crippen LogP contribution in [0.2, 0.25) is 0 Å². The molecule has 4 saturated carbocycles. The van der Waals surface area contributed by atoms with E-state index < -0.39 is 11.9 Å². The molecule has 4 aliphatic rings. The van der Waals surface area contributed by atoms with E-state index in [9.17, 15) is 9.59 Å². The first-order chi connectivity index (χ1) is 10.5. The summed E-state index contributed by atoms with van der Waals surface area (Å²) in [5, 5.41) is 0. The smallest absolute Gasteiger partial charge is 0.344 e. The monoisotopic (exact) mass is 306 g/mol. The Kier molecular flexibility index (Phi) is 4.04. The van der Waals surface area contributed by atoms with Crippen LogP contribution < -0.4 is 0 Å². The van der Waals surface area contributed by atoms with Crippen LogP contribution in [0, 0.1) is 29.6 Å². The molecular formula is C18H26O4. The second kappa shape index (κ2) is 5.71. The standard InChI is InChI=1S/C18H26O4/c1-4-16(19)21-10-17(20)22-18(11(2)3)14-6-12-5-13(8-14)9-15(18)7-12/h4,11-15H,1,5-10H2,2-3H3. The predicted molar refractivity (Wildman–Crippen MR) is 81.9 cm³/mol. The van der Waals surface area contributed by atoms with E-state index in [2.05, 4.69) is 20.4 Å². The van der Waals surface area contributed by atoms with Crippen LogP contribution in [0.25, 0.3) is 0 Å². The second-order valence-electron chi connectivity index (χ2n) is 7.60. The molecule has 0 atom stereocenters. The van der Waals surface area contributed by atoms with Crippen LogP contribution in [0.3, 0.4) is 0 Å².